The number of unbranched alkanes of at least 4 members (excludes halogenated alkanes) is 2. The van der Waals surface area contributed by atoms with Gasteiger partial charge in [0, 0.05) is 34.1 Å². The first kappa shape index (κ1) is 74.5. The molecule has 6 heteroatoms. The number of hydrogen-bond donors (Lipinski definition) is 0. The molecule has 4 atom stereocenters. The van der Waals surface area contributed by atoms with Gasteiger partial charge in [0.05, 0.1) is 24.0 Å². The molecule has 560 valence electrons. The lowest BCUT2D eigenvalue weighted by Gasteiger charge is -2.35. The molecule has 0 heterocycles. The Morgan fingerprint density at radius 2 is 0.637 bits per heavy atom. The molecule has 14 aromatic rings. The number of rotatable bonds is 32. The van der Waals surface area contributed by atoms with Crippen LogP contribution in [0.1, 0.15) is 140 Å². The Hall–Kier alpha value is -12.6. The summed E-state index contributed by atoms with van der Waals surface area (Å²) in [5.74, 6) is 5.14. The first-order chi connectivity index (χ1) is 55.7. The quantitative estimate of drug-likeness (QED) is 0.0419. The van der Waals surface area contributed by atoms with E-state index in [1.165, 1.54) is 83.0 Å². The molecule has 0 saturated heterocycles. The molecule has 0 N–H and O–H groups in total. The summed E-state index contributed by atoms with van der Waals surface area (Å²) in [4.78, 5) is 4.80. The number of fused-ring (bicyclic) bond motifs is 6. The normalized spacial score (nSPS) is 14.8. The molecule has 0 aliphatic heterocycles. The Morgan fingerprint density at radius 1 is 0.310 bits per heavy atom. The van der Waals surface area contributed by atoms with E-state index >= 15 is 0 Å². The highest BCUT2D eigenvalue weighted by Gasteiger charge is 2.48. The topological polar surface area (TPSA) is 43.4 Å². The van der Waals surface area contributed by atoms with Crippen molar-refractivity contribution >= 4 is 46.3 Å². The summed E-state index contributed by atoms with van der Waals surface area (Å²) >= 11 is 0. The van der Waals surface area contributed by atoms with Crippen molar-refractivity contribution in [2.45, 2.75) is 96.5 Å². The van der Waals surface area contributed by atoms with Crippen LogP contribution in [0.5, 0.6) is 28.7 Å². The smallest absolute Gasteiger partial charge is 0.127 e. The van der Waals surface area contributed by atoms with Crippen LogP contribution in [0, 0.1) is 11.8 Å². The summed E-state index contributed by atoms with van der Waals surface area (Å²) < 4.78 is 26.3. The lowest BCUT2D eigenvalue weighted by atomic mass is 9.67. The molecule has 0 saturated carbocycles. The predicted octanol–water partition coefficient (Wildman–Crippen LogP) is 28.9. The van der Waals surface area contributed by atoms with E-state index in [4.69, 9.17) is 18.9 Å². The van der Waals surface area contributed by atoms with Crippen molar-refractivity contribution in [1.29, 1.82) is 0 Å². The van der Waals surface area contributed by atoms with Gasteiger partial charge in [0.1, 0.15) is 35.4 Å². The SMILES string of the molecule is C=Cc1ccc(COc2ccc(C3(c4ccc(OCC(CC)CCCC)cc4)c4ccccc4-c4ccc(N(c5ccccc5)c5ccc(-c6ccc(N(c7ccccc7)c7ccc8c(c7)C(c7ccc(OCC(CC)CCCC)cc7)(c7ccc(Oc9ccc(C=C)cc9)cc7)c7ccccc7-8)cc6)cc5)cc43)cc2)cc1. The maximum Gasteiger partial charge on any atom is 0.127 e. The fourth-order valence-corrected chi connectivity index (χ4v) is 17.2. The third-order valence-electron chi connectivity index (χ3n) is 23.4. The lowest BCUT2D eigenvalue weighted by Crippen LogP contribution is -2.29. The van der Waals surface area contributed by atoms with E-state index in [1.807, 2.05) is 36.4 Å². The highest BCUT2D eigenvalue weighted by Crippen LogP contribution is 2.60. The average molecular weight is 1480 g/mol. The molecule has 113 heavy (non-hydrogen) atoms. The van der Waals surface area contributed by atoms with Crippen LogP contribution >= 0.6 is 0 Å². The monoisotopic (exact) mass is 1470 g/mol. The van der Waals surface area contributed by atoms with Crippen molar-refractivity contribution in [1.82, 2.24) is 0 Å². The Morgan fingerprint density at radius 3 is 1.02 bits per heavy atom. The number of benzene rings is 14. The summed E-state index contributed by atoms with van der Waals surface area (Å²) in [6, 6.07) is 124. The zero-order valence-corrected chi connectivity index (χ0v) is 65.4. The van der Waals surface area contributed by atoms with Crippen LogP contribution < -0.4 is 28.7 Å². The first-order valence-corrected chi connectivity index (χ1v) is 40.5. The van der Waals surface area contributed by atoms with E-state index in [-0.39, 0.29) is 0 Å². The van der Waals surface area contributed by atoms with Gasteiger partial charge in [-0.2, -0.15) is 0 Å². The maximum atomic E-state index is 6.63. The first-order valence-electron chi connectivity index (χ1n) is 40.5. The molecule has 0 fully saturated rings. The zero-order chi connectivity index (χ0) is 77.1. The van der Waals surface area contributed by atoms with Crippen LogP contribution in [-0.4, -0.2) is 13.2 Å². The van der Waals surface area contributed by atoms with Gasteiger partial charge in [0.2, 0.25) is 0 Å². The summed E-state index contributed by atoms with van der Waals surface area (Å²) in [7, 11) is 0. The fourth-order valence-electron chi connectivity index (χ4n) is 17.2. The third kappa shape index (κ3) is 15.0. The van der Waals surface area contributed by atoms with Crippen LogP contribution in [0.25, 0.3) is 45.5 Å². The highest BCUT2D eigenvalue weighted by atomic mass is 16.5. The second-order valence-corrected chi connectivity index (χ2v) is 30.1. The van der Waals surface area contributed by atoms with Gasteiger partial charge in [-0.05, 0) is 253 Å². The molecule has 6 nitrogen and oxygen atoms in total. The minimum atomic E-state index is -0.721. The van der Waals surface area contributed by atoms with Crippen molar-refractivity contribution in [3.05, 3.63) is 414 Å². The largest absolute Gasteiger partial charge is 0.493 e. The summed E-state index contributed by atoms with van der Waals surface area (Å²) in [5.41, 5.74) is 24.6. The zero-order valence-electron chi connectivity index (χ0n) is 65.4. The van der Waals surface area contributed by atoms with E-state index < -0.39 is 10.8 Å². The van der Waals surface area contributed by atoms with Gasteiger partial charge >= 0.3 is 0 Å². The molecule has 0 bridgehead atoms. The van der Waals surface area contributed by atoms with Crippen LogP contribution in [0.3, 0.4) is 0 Å². The van der Waals surface area contributed by atoms with Gasteiger partial charge in [0.25, 0.3) is 0 Å². The number of para-hydroxylation sites is 2. The summed E-state index contributed by atoms with van der Waals surface area (Å²) in [6.07, 6.45) is 13.0. The van der Waals surface area contributed by atoms with Gasteiger partial charge in [-0.1, -0.05) is 298 Å². The third-order valence-corrected chi connectivity index (χ3v) is 23.4. The number of hydrogen-bond acceptors (Lipinski definition) is 6. The van der Waals surface area contributed by atoms with E-state index in [1.54, 1.807) is 0 Å². The molecule has 16 rings (SSSR count). The molecule has 2 aliphatic carbocycles. The van der Waals surface area contributed by atoms with Gasteiger partial charge in [-0.25, -0.2) is 0 Å². The van der Waals surface area contributed by atoms with E-state index in [0.717, 1.165) is 126 Å². The van der Waals surface area contributed by atoms with Crippen LogP contribution in [0.4, 0.5) is 34.1 Å². The second-order valence-electron chi connectivity index (χ2n) is 30.1. The predicted molar refractivity (Wildman–Crippen MR) is 471 cm³/mol. The number of ether oxygens (including phenoxy) is 4. The standard InChI is InChI=1S/C107H98N2O4/c1-7-13-25-78(11-5)73-110-93-61-45-83(46-62-93)106(84-49-65-95(66-50-84)112-75-80-37-35-76(9-3)36-38-80)102-33-23-21-31-98(102)100-69-57-91(71-104(100)106)108(87-27-17-15-18-28-87)89-53-41-81(42-54-89)82-43-55-90(56-44-82)109(88-29-19-16-20-30-88)92-58-70-101-99-32-22-24-34-103(99)107(105(101)72-92,85-47-63-94(64-48-85)111-74-79(12-6)26-14-8-2)86-51-67-97(68-52-86)113-96-59-39-77(10-4)40-60-96/h9-10,15-24,27-72,78-79H,3-4,7-8,11-14,25-26,73-75H2,1-2,5-6H3. The van der Waals surface area contributed by atoms with Crippen molar-refractivity contribution in [2.75, 3.05) is 23.0 Å². The van der Waals surface area contributed by atoms with Gasteiger partial charge < -0.3 is 28.7 Å². The average Bonchev–Trinajstić information content (AvgIpc) is 1.55. The Kier molecular flexibility index (Phi) is 22.3. The minimum absolute atomic E-state index is 0.455. The van der Waals surface area contributed by atoms with Gasteiger partial charge in [-0.3, -0.25) is 0 Å². The maximum absolute atomic E-state index is 6.63. The molecule has 0 spiro atoms. The van der Waals surface area contributed by atoms with E-state index in [0.29, 0.717) is 31.7 Å². The Balaban J connectivity index is 0.746. The molecular formula is C107H98N2O4. The van der Waals surface area contributed by atoms with E-state index in [9.17, 15) is 0 Å². The van der Waals surface area contributed by atoms with Crippen molar-refractivity contribution in [2.24, 2.45) is 11.8 Å². The van der Waals surface area contributed by atoms with Crippen LogP contribution in [0.2, 0.25) is 0 Å². The lowest BCUT2D eigenvalue weighted by molar-refractivity contribution is 0.233. The Bertz CT molecular complexity index is 5550. The van der Waals surface area contributed by atoms with Crippen molar-refractivity contribution in [3.63, 3.8) is 0 Å². The van der Waals surface area contributed by atoms with Gasteiger partial charge in [-0.15, -0.1) is 0 Å². The minimum Gasteiger partial charge on any atom is -0.493 e. The number of anilines is 6. The van der Waals surface area contributed by atoms with Crippen LogP contribution in [-0.2, 0) is 17.4 Å². The van der Waals surface area contributed by atoms with Gasteiger partial charge in [0.15, 0.2) is 0 Å². The molecule has 4 unspecified atom stereocenters. The number of nitrogens with zero attached hydrogens (tertiary/aromatic N) is 2. The molecule has 0 amide bonds. The molecule has 0 radical (unpaired) electrons. The van der Waals surface area contributed by atoms with E-state index in [2.05, 4.69) is 366 Å². The molecule has 0 aromatic heterocycles. The highest BCUT2D eigenvalue weighted by molar-refractivity contribution is 5.92. The molecule has 2 aliphatic rings. The molecule has 14 aromatic carbocycles. The molecular weight excluding hydrogens is 1380 g/mol. The van der Waals surface area contributed by atoms with Crippen molar-refractivity contribution in [3.8, 4) is 62.1 Å². The Labute approximate surface area is 668 Å². The fraction of sp³-hybridized carbons (Fsp3) is 0.178. The van der Waals surface area contributed by atoms with Crippen LogP contribution in [0.15, 0.2) is 353 Å². The second kappa shape index (κ2) is 33.9. The summed E-state index contributed by atoms with van der Waals surface area (Å²) in [5, 5.41) is 0. The summed E-state index contributed by atoms with van der Waals surface area (Å²) in [6.45, 7) is 18.9. The van der Waals surface area contributed by atoms with Crippen molar-refractivity contribution < 1.29 is 18.9 Å².